The largest absolute Gasteiger partial charge is 0.491 e. The molecule has 30 heavy (non-hydrogen) atoms. The summed E-state index contributed by atoms with van der Waals surface area (Å²) in [6.07, 6.45) is 5.71. The number of rotatable bonds is 6. The zero-order chi connectivity index (χ0) is 20.5. The molecule has 0 saturated carbocycles. The smallest absolute Gasteiger partial charge is 0.162 e. The second kappa shape index (κ2) is 7.82. The Morgan fingerprint density at radius 1 is 1.20 bits per heavy atom. The molecule has 0 radical (unpaired) electrons. The maximum absolute atomic E-state index is 5.90. The molecule has 0 aliphatic carbocycles. The van der Waals surface area contributed by atoms with Crippen molar-refractivity contribution in [1.29, 1.82) is 0 Å². The van der Waals surface area contributed by atoms with Crippen LogP contribution in [0.3, 0.4) is 0 Å². The third kappa shape index (κ3) is 3.51. The van der Waals surface area contributed by atoms with Crippen molar-refractivity contribution >= 4 is 33.4 Å². The summed E-state index contributed by atoms with van der Waals surface area (Å²) in [5.74, 6) is 1.81. The predicted octanol–water partition coefficient (Wildman–Crippen LogP) is 4.37. The van der Waals surface area contributed by atoms with Crippen LogP contribution in [0.25, 0.3) is 21.9 Å². The topological polar surface area (TPSA) is 79.0 Å². The highest BCUT2D eigenvalue weighted by molar-refractivity contribution is 5.95. The summed E-state index contributed by atoms with van der Waals surface area (Å²) in [7, 11) is 0. The van der Waals surface area contributed by atoms with Crippen LogP contribution in [0, 0.1) is 0 Å². The van der Waals surface area contributed by atoms with E-state index in [9.17, 15) is 0 Å². The number of fused-ring (bicyclic) bond motifs is 2. The number of nitrogens with one attached hydrogen (secondary N) is 2. The number of nitrogens with zero attached hydrogens (tertiary/aromatic N) is 4. The predicted molar refractivity (Wildman–Crippen MR) is 120 cm³/mol. The van der Waals surface area contributed by atoms with Crippen molar-refractivity contribution in [2.75, 3.05) is 23.3 Å². The van der Waals surface area contributed by atoms with E-state index < -0.39 is 0 Å². The maximum Gasteiger partial charge on any atom is 0.162 e. The molecule has 7 heteroatoms. The van der Waals surface area contributed by atoms with Crippen molar-refractivity contribution in [3.8, 4) is 5.75 Å². The Morgan fingerprint density at radius 2 is 2.13 bits per heavy atom. The Hall–Kier alpha value is -3.35. The summed E-state index contributed by atoms with van der Waals surface area (Å²) in [5, 5.41) is 6.06. The third-order valence-corrected chi connectivity index (χ3v) is 5.60. The fourth-order valence-electron chi connectivity index (χ4n) is 4.27. The van der Waals surface area contributed by atoms with Gasteiger partial charge in [-0.3, -0.25) is 0 Å². The van der Waals surface area contributed by atoms with E-state index in [0.717, 1.165) is 54.3 Å². The van der Waals surface area contributed by atoms with E-state index in [4.69, 9.17) is 4.74 Å². The minimum Gasteiger partial charge on any atom is -0.491 e. The highest BCUT2D eigenvalue weighted by atomic mass is 16.5. The number of ether oxygens (including phenoxy) is 1. The molecule has 2 N–H and O–H groups in total. The van der Waals surface area contributed by atoms with Gasteiger partial charge < -0.3 is 19.9 Å². The summed E-state index contributed by atoms with van der Waals surface area (Å²) < 4.78 is 5.90. The van der Waals surface area contributed by atoms with Crippen molar-refractivity contribution in [2.24, 2.45) is 0 Å². The molecule has 0 spiro atoms. The lowest BCUT2D eigenvalue weighted by Crippen LogP contribution is -2.35. The van der Waals surface area contributed by atoms with Crippen molar-refractivity contribution in [1.82, 2.24) is 19.9 Å². The minimum atomic E-state index is 0.154. The van der Waals surface area contributed by atoms with Gasteiger partial charge in [-0.1, -0.05) is 18.2 Å². The summed E-state index contributed by atoms with van der Waals surface area (Å²) in [6.45, 7) is 5.91. The standard InChI is InChI=1S/C23H26N6O/c1-15(2)30-18-9-8-16-5-3-7-20(19(16)11-18)24-12-17-6-4-10-29(17)23-21-22(26-13-25-21)27-14-28-23/h3,5,7-9,11,13-15,17,24H,4,6,10,12H2,1-2H3,(H,25,26,27,28)/t17-/m1/s1. The number of aromatic nitrogens is 4. The Bertz CT molecular complexity index is 1170. The van der Waals surface area contributed by atoms with Gasteiger partial charge in [-0.25, -0.2) is 15.0 Å². The Morgan fingerprint density at radius 3 is 3.03 bits per heavy atom. The van der Waals surface area contributed by atoms with Gasteiger partial charge in [0, 0.05) is 30.2 Å². The molecule has 2 aromatic heterocycles. The van der Waals surface area contributed by atoms with Crippen LogP contribution < -0.4 is 15.0 Å². The quantitative estimate of drug-likeness (QED) is 0.498. The number of imidazole rings is 1. The molecule has 0 amide bonds. The Balaban J connectivity index is 1.39. The van der Waals surface area contributed by atoms with E-state index in [-0.39, 0.29) is 6.10 Å². The molecule has 1 saturated heterocycles. The van der Waals surface area contributed by atoms with E-state index in [0.29, 0.717) is 6.04 Å². The van der Waals surface area contributed by atoms with E-state index in [2.05, 4.69) is 60.5 Å². The lowest BCUT2D eigenvalue weighted by molar-refractivity contribution is 0.243. The fraction of sp³-hybridized carbons (Fsp3) is 0.348. The third-order valence-electron chi connectivity index (χ3n) is 5.60. The fourth-order valence-corrected chi connectivity index (χ4v) is 4.27. The zero-order valence-corrected chi connectivity index (χ0v) is 17.3. The van der Waals surface area contributed by atoms with Gasteiger partial charge >= 0.3 is 0 Å². The molecule has 5 rings (SSSR count). The molecule has 1 fully saturated rings. The number of H-pyrrole nitrogens is 1. The first-order valence-corrected chi connectivity index (χ1v) is 10.5. The van der Waals surface area contributed by atoms with Gasteiger partial charge in [-0.15, -0.1) is 0 Å². The SMILES string of the molecule is CC(C)Oc1ccc2cccc(NC[C@H]3CCCN3c3ncnc4[nH]cnc34)c2c1. The number of benzene rings is 2. The van der Waals surface area contributed by atoms with E-state index in [1.807, 2.05) is 19.9 Å². The van der Waals surface area contributed by atoms with Crippen LogP contribution in [0.5, 0.6) is 5.75 Å². The van der Waals surface area contributed by atoms with E-state index in [1.165, 1.54) is 10.8 Å². The van der Waals surface area contributed by atoms with Crippen LogP contribution in [0.4, 0.5) is 11.5 Å². The number of hydrogen-bond donors (Lipinski definition) is 2. The first-order chi connectivity index (χ1) is 14.7. The molecule has 7 nitrogen and oxygen atoms in total. The molecular weight excluding hydrogens is 376 g/mol. The molecule has 2 aromatic carbocycles. The maximum atomic E-state index is 5.90. The van der Waals surface area contributed by atoms with Gasteiger partial charge in [0.1, 0.15) is 17.6 Å². The van der Waals surface area contributed by atoms with Crippen molar-refractivity contribution in [2.45, 2.75) is 38.8 Å². The van der Waals surface area contributed by atoms with Crippen LogP contribution in [0.1, 0.15) is 26.7 Å². The molecule has 1 atom stereocenters. The minimum absolute atomic E-state index is 0.154. The average molecular weight is 403 g/mol. The monoisotopic (exact) mass is 402 g/mol. The molecule has 1 aliphatic rings. The van der Waals surface area contributed by atoms with E-state index in [1.54, 1.807) is 12.7 Å². The van der Waals surface area contributed by atoms with Crippen LogP contribution in [0.2, 0.25) is 0 Å². The molecule has 154 valence electrons. The van der Waals surface area contributed by atoms with Gasteiger partial charge in [-0.2, -0.15) is 0 Å². The van der Waals surface area contributed by atoms with Crippen LogP contribution in [-0.4, -0.2) is 45.2 Å². The van der Waals surface area contributed by atoms with Crippen molar-refractivity contribution < 1.29 is 4.74 Å². The van der Waals surface area contributed by atoms with Gasteiger partial charge in [0.2, 0.25) is 0 Å². The normalized spacial score (nSPS) is 16.6. The summed E-state index contributed by atoms with van der Waals surface area (Å²) in [6, 6.07) is 13.0. The highest BCUT2D eigenvalue weighted by Gasteiger charge is 2.27. The van der Waals surface area contributed by atoms with Crippen molar-refractivity contribution in [3.05, 3.63) is 49.1 Å². The molecule has 1 aliphatic heterocycles. The summed E-state index contributed by atoms with van der Waals surface area (Å²) >= 11 is 0. The number of hydrogen-bond acceptors (Lipinski definition) is 6. The second-order valence-electron chi connectivity index (χ2n) is 8.02. The van der Waals surface area contributed by atoms with Crippen LogP contribution in [-0.2, 0) is 0 Å². The van der Waals surface area contributed by atoms with Gasteiger partial charge in [0.05, 0.1) is 12.4 Å². The molecule has 4 aromatic rings. The molecule has 3 heterocycles. The van der Waals surface area contributed by atoms with Crippen LogP contribution in [0.15, 0.2) is 49.1 Å². The highest BCUT2D eigenvalue weighted by Crippen LogP contribution is 2.31. The Kier molecular flexibility index (Phi) is 4.86. The summed E-state index contributed by atoms with van der Waals surface area (Å²) in [4.78, 5) is 18.7. The van der Waals surface area contributed by atoms with Gasteiger partial charge in [-0.05, 0) is 50.3 Å². The Labute approximate surface area is 175 Å². The van der Waals surface area contributed by atoms with Crippen molar-refractivity contribution in [3.63, 3.8) is 0 Å². The van der Waals surface area contributed by atoms with Crippen LogP contribution >= 0.6 is 0 Å². The molecule has 0 bridgehead atoms. The van der Waals surface area contributed by atoms with Gasteiger partial charge in [0.25, 0.3) is 0 Å². The zero-order valence-electron chi connectivity index (χ0n) is 17.3. The first kappa shape index (κ1) is 18.7. The first-order valence-electron chi connectivity index (χ1n) is 10.5. The number of aromatic amines is 1. The lowest BCUT2D eigenvalue weighted by atomic mass is 10.1. The molecule has 0 unspecified atom stereocenters. The summed E-state index contributed by atoms with van der Waals surface area (Å²) in [5.41, 5.74) is 2.75. The second-order valence-corrected chi connectivity index (χ2v) is 8.02. The average Bonchev–Trinajstić information content (AvgIpc) is 3.41. The lowest BCUT2D eigenvalue weighted by Gasteiger charge is -2.26. The van der Waals surface area contributed by atoms with Gasteiger partial charge in [0.15, 0.2) is 11.5 Å². The van der Waals surface area contributed by atoms with E-state index >= 15 is 0 Å². The molecular formula is C23H26N6O. The number of anilines is 2.